The molecule has 1 fully saturated rings. The van der Waals surface area contributed by atoms with Crippen LogP contribution in [0.1, 0.15) is 18.4 Å². The van der Waals surface area contributed by atoms with E-state index < -0.39 is 22.2 Å². The van der Waals surface area contributed by atoms with E-state index in [1.165, 1.54) is 28.6 Å². The van der Waals surface area contributed by atoms with Gasteiger partial charge in [-0.3, -0.25) is 4.98 Å². The van der Waals surface area contributed by atoms with Crippen LogP contribution < -0.4 is 10.6 Å². The van der Waals surface area contributed by atoms with Crippen molar-refractivity contribution in [1.82, 2.24) is 19.9 Å². The molecule has 2 amide bonds. The highest BCUT2D eigenvalue weighted by Gasteiger charge is 2.36. The van der Waals surface area contributed by atoms with Gasteiger partial charge in [0.15, 0.2) is 0 Å². The number of amides is 2. The molecule has 0 spiro atoms. The van der Waals surface area contributed by atoms with Gasteiger partial charge in [-0.2, -0.15) is 4.31 Å². The van der Waals surface area contributed by atoms with E-state index in [4.69, 9.17) is 11.6 Å². The fourth-order valence-electron chi connectivity index (χ4n) is 2.80. The van der Waals surface area contributed by atoms with E-state index in [0.717, 1.165) is 5.56 Å². The van der Waals surface area contributed by atoms with Gasteiger partial charge < -0.3 is 10.6 Å². The number of hydrogen-bond donors (Lipinski definition) is 2. The molecule has 138 valence electrons. The summed E-state index contributed by atoms with van der Waals surface area (Å²) in [4.78, 5) is 16.3. The van der Waals surface area contributed by atoms with Crippen LogP contribution in [0.3, 0.4) is 0 Å². The normalized spacial score (nSPS) is 17.8. The summed E-state index contributed by atoms with van der Waals surface area (Å²) in [7, 11) is -3.70. The molecule has 1 saturated heterocycles. The Hall–Kier alpha value is -2.16. The molecular weight excluding hydrogens is 376 g/mol. The summed E-state index contributed by atoms with van der Waals surface area (Å²) in [6, 6.07) is 9.22. The standard InChI is InChI=1S/C17H19ClN4O3S/c18-14-5-7-15(8-6-14)26(24,25)22-10-2-4-16(22)21-17(23)20-12-13-3-1-9-19-11-13/h1,3,5-9,11,16H,2,4,10,12H2,(H2,20,21,23)/t16-/m0/s1. The van der Waals surface area contributed by atoms with Crippen LogP contribution >= 0.6 is 11.6 Å². The average molecular weight is 395 g/mol. The Labute approximate surface area is 157 Å². The number of carbonyl (C=O) groups is 1. The van der Waals surface area contributed by atoms with Gasteiger partial charge in [-0.25, -0.2) is 13.2 Å². The summed E-state index contributed by atoms with van der Waals surface area (Å²) >= 11 is 5.83. The van der Waals surface area contributed by atoms with Crippen molar-refractivity contribution in [3.63, 3.8) is 0 Å². The molecule has 2 heterocycles. The minimum Gasteiger partial charge on any atom is -0.334 e. The van der Waals surface area contributed by atoms with Gasteiger partial charge >= 0.3 is 6.03 Å². The number of benzene rings is 1. The lowest BCUT2D eigenvalue weighted by atomic mass is 10.3. The number of halogens is 1. The molecule has 1 aliphatic heterocycles. The molecule has 0 bridgehead atoms. The van der Waals surface area contributed by atoms with Gasteiger partial charge in [-0.05, 0) is 48.7 Å². The van der Waals surface area contributed by atoms with Crippen molar-refractivity contribution in [1.29, 1.82) is 0 Å². The van der Waals surface area contributed by atoms with Crippen molar-refractivity contribution in [2.45, 2.75) is 30.4 Å². The number of sulfonamides is 1. The zero-order valence-electron chi connectivity index (χ0n) is 13.9. The fourth-order valence-corrected chi connectivity index (χ4v) is 4.54. The first-order valence-electron chi connectivity index (χ1n) is 8.17. The summed E-state index contributed by atoms with van der Waals surface area (Å²) in [5, 5.41) is 5.92. The van der Waals surface area contributed by atoms with E-state index in [9.17, 15) is 13.2 Å². The maximum atomic E-state index is 12.8. The highest BCUT2D eigenvalue weighted by molar-refractivity contribution is 7.89. The lowest BCUT2D eigenvalue weighted by Crippen LogP contribution is -2.49. The Morgan fingerprint density at radius 3 is 2.73 bits per heavy atom. The Bertz CT molecular complexity index is 859. The van der Waals surface area contributed by atoms with Crippen LogP contribution in [0.4, 0.5) is 4.79 Å². The van der Waals surface area contributed by atoms with E-state index in [0.29, 0.717) is 31.0 Å². The van der Waals surface area contributed by atoms with E-state index in [2.05, 4.69) is 15.6 Å². The Morgan fingerprint density at radius 1 is 1.27 bits per heavy atom. The van der Waals surface area contributed by atoms with Crippen LogP contribution in [0, 0.1) is 0 Å². The molecule has 7 nitrogen and oxygen atoms in total. The van der Waals surface area contributed by atoms with E-state index in [-0.39, 0.29) is 4.90 Å². The fraction of sp³-hybridized carbons (Fsp3) is 0.294. The molecule has 2 aromatic rings. The number of hydrogen-bond acceptors (Lipinski definition) is 4. The van der Waals surface area contributed by atoms with Crippen LogP contribution in [0.25, 0.3) is 0 Å². The Balaban J connectivity index is 1.64. The molecule has 2 N–H and O–H groups in total. The third kappa shape index (κ3) is 4.32. The van der Waals surface area contributed by atoms with Crippen molar-refractivity contribution < 1.29 is 13.2 Å². The smallest absolute Gasteiger partial charge is 0.316 e. The molecule has 0 unspecified atom stereocenters. The first-order chi connectivity index (χ1) is 12.5. The highest BCUT2D eigenvalue weighted by Crippen LogP contribution is 2.25. The summed E-state index contributed by atoms with van der Waals surface area (Å²) in [5.74, 6) is 0. The summed E-state index contributed by atoms with van der Waals surface area (Å²) in [6.45, 7) is 0.675. The third-order valence-corrected chi connectivity index (χ3v) is 6.27. The minimum absolute atomic E-state index is 0.159. The molecule has 1 atom stereocenters. The molecule has 9 heteroatoms. The van der Waals surface area contributed by atoms with Gasteiger partial charge in [0.2, 0.25) is 10.0 Å². The number of pyridine rings is 1. The predicted molar refractivity (Wildman–Crippen MR) is 98.0 cm³/mol. The molecule has 26 heavy (non-hydrogen) atoms. The second kappa shape index (κ2) is 8.03. The van der Waals surface area contributed by atoms with Gasteiger partial charge in [0.25, 0.3) is 0 Å². The average Bonchev–Trinajstić information content (AvgIpc) is 3.10. The zero-order valence-corrected chi connectivity index (χ0v) is 15.5. The van der Waals surface area contributed by atoms with Gasteiger partial charge in [-0.15, -0.1) is 0 Å². The lowest BCUT2D eigenvalue weighted by Gasteiger charge is -2.25. The van der Waals surface area contributed by atoms with E-state index in [1.807, 2.05) is 6.07 Å². The molecular formula is C17H19ClN4O3S. The Morgan fingerprint density at radius 2 is 2.04 bits per heavy atom. The summed E-state index contributed by atoms with van der Waals surface area (Å²) in [5.41, 5.74) is 0.861. The van der Waals surface area contributed by atoms with Crippen molar-refractivity contribution in [2.24, 2.45) is 0 Å². The molecule has 1 aromatic carbocycles. The topological polar surface area (TPSA) is 91.4 Å². The van der Waals surface area contributed by atoms with E-state index >= 15 is 0 Å². The lowest BCUT2D eigenvalue weighted by molar-refractivity contribution is 0.228. The number of nitrogens with one attached hydrogen (secondary N) is 2. The van der Waals surface area contributed by atoms with Gasteiger partial charge in [0.1, 0.15) is 0 Å². The van der Waals surface area contributed by atoms with Gasteiger partial charge in [0.05, 0.1) is 11.1 Å². The predicted octanol–water partition coefficient (Wildman–Crippen LogP) is 2.35. The number of rotatable bonds is 5. The number of carbonyl (C=O) groups excluding carboxylic acids is 1. The maximum absolute atomic E-state index is 12.8. The molecule has 0 aliphatic carbocycles. The first kappa shape index (κ1) is 18.6. The molecule has 0 radical (unpaired) electrons. The van der Waals surface area contributed by atoms with Crippen LogP contribution in [0.15, 0.2) is 53.7 Å². The molecule has 1 aromatic heterocycles. The first-order valence-corrected chi connectivity index (χ1v) is 9.99. The van der Waals surface area contributed by atoms with Crippen LogP contribution in [0.5, 0.6) is 0 Å². The van der Waals surface area contributed by atoms with E-state index in [1.54, 1.807) is 18.5 Å². The number of nitrogens with zero attached hydrogens (tertiary/aromatic N) is 2. The number of urea groups is 1. The minimum atomic E-state index is -3.70. The number of aromatic nitrogens is 1. The van der Waals surface area contributed by atoms with Crippen LogP contribution in [-0.4, -0.2) is 36.4 Å². The van der Waals surface area contributed by atoms with Crippen molar-refractivity contribution in [2.75, 3.05) is 6.54 Å². The van der Waals surface area contributed by atoms with Crippen LogP contribution in [-0.2, 0) is 16.6 Å². The van der Waals surface area contributed by atoms with Crippen LogP contribution in [0.2, 0.25) is 5.02 Å². The monoisotopic (exact) mass is 394 g/mol. The Kier molecular flexibility index (Phi) is 5.75. The van der Waals surface area contributed by atoms with Crippen molar-refractivity contribution >= 4 is 27.7 Å². The molecule has 3 rings (SSSR count). The largest absolute Gasteiger partial charge is 0.334 e. The zero-order chi connectivity index (χ0) is 18.6. The molecule has 1 aliphatic rings. The third-order valence-electron chi connectivity index (χ3n) is 4.10. The summed E-state index contributed by atoms with van der Waals surface area (Å²) < 4.78 is 27.0. The second-order valence-corrected chi connectivity index (χ2v) is 8.24. The van der Waals surface area contributed by atoms with Crippen molar-refractivity contribution in [3.8, 4) is 0 Å². The highest BCUT2D eigenvalue weighted by atomic mass is 35.5. The van der Waals surface area contributed by atoms with Crippen molar-refractivity contribution in [3.05, 3.63) is 59.4 Å². The summed E-state index contributed by atoms with van der Waals surface area (Å²) in [6.07, 6.45) is 3.98. The maximum Gasteiger partial charge on any atom is 0.316 e. The molecule has 0 saturated carbocycles. The van der Waals surface area contributed by atoms with Gasteiger partial charge in [-0.1, -0.05) is 17.7 Å². The van der Waals surface area contributed by atoms with Gasteiger partial charge in [0, 0.05) is 30.5 Å². The quantitative estimate of drug-likeness (QED) is 0.814. The SMILES string of the molecule is O=C(NCc1cccnc1)N[C@@H]1CCCN1S(=O)(=O)c1ccc(Cl)cc1. The second-order valence-electron chi connectivity index (χ2n) is 5.92.